The molecule has 1 unspecified atom stereocenters. The third kappa shape index (κ3) is 3.41. The van der Waals surface area contributed by atoms with Crippen molar-refractivity contribution in [3.63, 3.8) is 0 Å². The number of carbonyl (C=O) groups excluding carboxylic acids is 1. The van der Waals surface area contributed by atoms with E-state index in [1.54, 1.807) is 24.3 Å². The smallest absolute Gasteiger partial charge is 0.222 e. The Balaban J connectivity index is 1.48. The standard InChI is InChI=1S/C17H22ClNO2/c18-14-6-2-12(3-7-14)15(20)10-16(21)19-11-17(8-1-9-17)13-4-5-13/h2-3,6-7,13,15,20H,1,4-5,8-11H2,(H,19,21). The van der Waals surface area contributed by atoms with Gasteiger partial charge < -0.3 is 10.4 Å². The first kappa shape index (κ1) is 14.9. The highest BCUT2D eigenvalue weighted by molar-refractivity contribution is 6.30. The summed E-state index contributed by atoms with van der Waals surface area (Å²) in [7, 11) is 0. The molecule has 1 aromatic carbocycles. The molecule has 1 amide bonds. The van der Waals surface area contributed by atoms with E-state index in [1.807, 2.05) is 0 Å². The summed E-state index contributed by atoms with van der Waals surface area (Å²) in [4.78, 5) is 12.0. The number of aliphatic hydroxyl groups excluding tert-OH is 1. The molecule has 2 N–H and O–H groups in total. The fourth-order valence-electron chi connectivity index (χ4n) is 3.38. The van der Waals surface area contributed by atoms with Gasteiger partial charge in [0.1, 0.15) is 0 Å². The quantitative estimate of drug-likeness (QED) is 0.845. The van der Waals surface area contributed by atoms with Crippen LogP contribution in [0, 0.1) is 11.3 Å². The van der Waals surface area contributed by atoms with Crippen molar-refractivity contribution < 1.29 is 9.90 Å². The maximum atomic E-state index is 12.0. The molecule has 3 rings (SSSR count). The van der Waals surface area contributed by atoms with Crippen molar-refractivity contribution in [1.82, 2.24) is 5.32 Å². The number of rotatable bonds is 6. The van der Waals surface area contributed by atoms with Gasteiger partial charge in [-0.3, -0.25) is 4.79 Å². The summed E-state index contributed by atoms with van der Waals surface area (Å²) in [6, 6.07) is 6.98. The van der Waals surface area contributed by atoms with Crippen molar-refractivity contribution in [3.8, 4) is 0 Å². The number of hydrogen-bond acceptors (Lipinski definition) is 2. The molecular weight excluding hydrogens is 286 g/mol. The molecule has 2 aliphatic rings. The Morgan fingerprint density at radius 2 is 2.00 bits per heavy atom. The predicted octanol–water partition coefficient (Wildman–Crippen LogP) is 3.46. The third-order valence-corrected chi connectivity index (χ3v) is 5.32. The lowest BCUT2D eigenvalue weighted by molar-refractivity contribution is -0.124. The zero-order valence-corrected chi connectivity index (χ0v) is 12.9. The molecule has 2 fully saturated rings. The molecule has 0 heterocycles. The molecule has 21 heavy (non-hydrogen) atoms. The van der Waals surface area contributed by atoms with Crippen molar-refractivity contribution in [1.29, 1.82) is 0 Å². The van der Waals surface area contributed by atoms with Crippen LogP contribution in [0.15, 0.2) is 24.3 Å². The van der Waals surface area contributed by atoms with E-state index in [-0.39, 0.29) is 12.3 Å². The lowest BCUT2D eigenvalue weighted by Gasteiger charge is -2.42. The predicted molar refractivity (Wildman–Crippen MR) is 83.0 cm³/mol. The summed E-state index contributed by atoms with van der Waals surface area (Å²) in [6.07, 6.45) is 5.78. The van der Waals surface area contributed by atoms with E-state index in [0.717, 1.165) is 18.0 Å². The van der Waals surface area contributed by atoms with E-state index < -0.39 is 6.10 Å². The molecule has 2 saturated carbocycles. The average molecular weight is 308 g/mol. The molecule has 0 spiro atoms. The van der Waals surface area contributed by atoms with Gasteiger partial charge in [0.25, 0.3) is 0 Å². The van der Waals surface area contributed by atoms with E-state index in [9.17, 15) is 9.90 Å². The third-order valence-electron chi connectivity index (χ3n) is 5.06. The molecule has 1 atom stereocenters. The van der Waals surface area contributed by atoms with Gasteiger partial charge in [-0.15, -0.1) is 0 Å². The molecule has 2 aliphatic carbocycles. The number of hydrogen-bond donors (Lipinski definition) is 2. The molecular formula is C17H22ClNO2. The van der Waals surface area contributed by atoms with Gasteiger partial charge in [-0.1, -0.05) is 30.2 Å². The van der Waals surface area contributed by atoms with Gasteiger partial charge in [-0.05, 0) is 54.7 Å². The van der Waals surface area contributed by atoms with E-state index >= 15 is 0 Å². The Kier molecular flexibility index (Phi) is 4.23. The van der Waals surface area contributed by atoms with Crippen molar-refractivity contribution in [3.05, 3.63) is 34.9 Å². The Morgan fingerprint density at radius 1 is 1.33 bits per heavy atom. The van der Waals surface area contributed by atoms with Crippen molar-refractivity contribution in [2.45, 2.75) is 44.6 Å². The molecule has 0 bridgehead atoms. The van der Waals surface area contributed by atoms with Gasteiger partial charge in [0, 0.05) is 11.6 Å². The van der Waals surface area contributed by atoms with E-state index in [2.05, 4.69) is 5.32 Å². The summed E-state index contributed by atoms with van der Waals surface area (Å²) in [5.41, 5.74) is 1.11. The van der Waals surface area contributed by atoms with Crippen molar-refractivity contribution >= 4 is 17.5 Å². The monoisotopic (exact) mass is 307 g/mol. The number of benzene rings is 1. The average Bonchev–Trinajstić information content (AvgIpc) is 3.23. The Labute approximate surface area is 130 Å². The fraction of sp³-hybridized carbons (Fsp3) is 0.588. The molecule has 0 saturated heterocycles. The van der Waals surface area contributed by atoms with Crippen molar-refractivity contribution in [2.24, 2.45) is 11.3 Å². The topological polar surface area (TPSA) is 49.3 Å². The largest absolute Gasteiger partial charge is 0.388 e. The fourth-order valence-corrected chi connectivity index (χ4v) is 3.51. The van der Waals surface area contributed by atoms with E-state index in [4.69, 9.17) is 11.6 Å². The molecule has 0 radical (unpaired) electrons. The van der Waals surface area contributed by atoms with Gasteiger partial charge in [-0.25, -0.2) is 0 Å². The van der Waals surface area contributed by atoms with Crippen molar-refractivity contribution in [2.75, 3.05) is 6.54 Å². The van der Waals surface area contributed by atoms with Gasteiger partial charge >= 0.3 is 0 Å². The van der Waals surface area contributed by atoms with E-state index in [1.165, 1.54) is 32.1 Å². The van der Waals surface area contributed by atoms with Crippen LogP contribution in [0.25, 0.3) is 0 Å². The number of amides is 1. The summed E-state index contributed by atoms with van der Waals surface area (Å²) < 4.78 is 0. The Bertz CT molecular complexity index is 506. The highest BCUT2D eigenvalue weighted by atomic mass is 35.5. The van der Waals surface area contributed by atoms with Gasteiger partial charge in [-0.2, -0.15) is 0 Å². The lowest BCUT2D eigenvalue weighted by Crippen LogP contribution is -2.43. The first-order valence-corrected chi connectivity index (χ1v) is 8.17. The normalized spacial score (nSPS) is 21.4. The molecule has 0 aromatic heterocycles. The summed E-state index contributed by atoms with van der Waals surface area (Å²) in [6.45, 7) is 0.782. The summed E-state index contributed by atoms with van der Waals surface area (Å²) in [5.74, 6) is 0.761. The van der Waals surface area contributed by atoms with Crippen LogP contribution in [0.1, 0.15) is 50.2 Å². The minimum Gasteiger partial charge on any atom is -0.388 e. The highest BCUT2D eigenvalue weighted by Crippen LogP contribution is 2.56. The SMILES string of the molecule is O=C(CC(O)c1ccc(Cl)cc1)NCC1(C2CC2)CCC1. The van der Waals surface area contributed by atoms with Crippen LogP contribution in [0.5, 0.6) is 0 Å². The first-order valence-electron chi connectivity index (χ1n) is 7.79. The van der Waals surface area contributed by atoms with Crippen LogP contribution >= 0.6 is 11.6 Å². The minimum absolute atomic E-state index is 0.0654. The summed E-state index contributed by atoms with van der Waals surface area (Å²) in [5, 5.41) is 13.8. The Hall–Kier alpha value is -1.06. The van der Waals surface area contributed by atoms with Gasteiger partial charge in [0.15, 0.2) is 0 Å². The molecule has 3 nitrogen and oxygen atoms in total. The van der Waals surface area contributed by atoms with Gasteiger partial charge in [0.05, 0.1) is 12.5 Å². The van der Waals surface area contributed by atoms with E-state index in [0.29, 0.717) is 10.4 Å². The maximum Gasteiger partial charge on any atom is 0.222 e. The number of aliphatic hydroxyl groups is 1. The van der Waals surface area contributed by atoms with Crippen LogP contribution in [-0.4, -0.2) is 17.6 Å². The number of halogens is 1. The first-order chi connectivity index (χ1) is 10.1. The second-order valence-electron chi connectivity index (χ2n) is 6.54. The molecule has 4 heteroatoms. The molecule has 114 valence electrons. The Morgan fingerprint density at radius 3 is 2.52 bits per heavy atom. The minimum atomic E-state index is -0.763. The number of nitrogens with one attached hydrogen (secondary N) is 1. The molecule has 1 aromatic rings. The highest BCUT2D eigenvalue weighted by Gasteiger charge is 2.48. The number of carbonyl (C=O) groups is 1. The second-order valence-corrected chi connectivity index (χ2v) is 6.97. The second kappa shape index (κ2) is 5.98. The zero-order chi connectivity index (χ0) is 14.9. The van der Waals surface area contributed by atoms with Crippen LogP contribution in [0.2, 0.25) is 5.02 Å². The summed E-state index contributed by atoms with van der Waals surface area (Å²) >= 11 is 5.82. The van der Waals surface area contributed by atoms with Crippen LogP contribution in [0.3, 0.4) is 0 Å². The van der Waals surface area contributed by atoms with Crippen LogP contribution < -0.4 is 5.32 Å². The lowest BCUT2D eigenvalue weighted by atomic mass is 9.65. The zero-order valence-electron chi connectivity index (χ0n) is 12.1. The molecule has 0 aliphatic heterocycles. The van der Waals surface area contributed by atoms with Crippen LogP contribution in [0.4, 0.5) is 0 Å². The van der Waals surface area contributed by atoms with Gasteiger partial charge in [0.2, 0.25) is 5.91 Å². The van der Waals surface area contributed by atoms with Crippen LogP contribution in [-0.2, 0) is 4.79 Å². The maximum absolute atomic E-state index is 12.0.